The average Bonchev–Trinajstić information content (AvgIpc) is 3.12. The number of alkyl halides is 3. The van der Waals surface area contributed by atoms with Crippen molar-refractivity contribution < 1.29 is 50.3 Å². The van der Waals surface area contributed by atoms with Crippen LogP contribution >= 0.6 is 0 Å². The number of hydrogen-bond acceptors (Lipinski definition) is 6. The number of carbonyl (C=O) groups is 1. The Morgan fingerprint density at radius 2 is 1.56 bits per heavy atom. The number of benzene rings is 1. The molecule has 0 aromatic heterocycles. The topological polar surface area (TPSA) is 63.2 Å². The van der Waals surface area contributed by atoms with Gasteiger partial charge in [0.1, 0.15) is 0 Å². The molecular weight excluding hydrogens is 466 g/mol. The van der Waals surface area contributed by atoms with Gasteiger partial charge >= 0.3 is 19.3 Å². The Kier molecular flexibility index (Phi) is 6.55. The van der Waals surface area contributed by atoms with Crippen LogP contribution in [0.1, 0.15) is 53.0 Å². The van der Waals surface area contributed by atoms with Crippen LogP contribution < -0.4 is 10.2 Å². The predicted molar refractivity (Wildman–Crippen MR) is 112 cm³/mol. The maximum atomic E-state index is 15.2. The van der Waals surface area contributed by atoms with E-state index in [4.69, 9.17) is 18.8 Å². The highest BCUT2D eigenvalue weighted by Gasteiger charge is 2.66. The number of ether oxygens (including phenoxy) is 3. The van der Waals surface area contributed by atoms with E-state index in [1.165, 1.54) is 6.92 Å². The summed E-state index contributed by atoms with van der Waals surface area (Å²) in [6, 6.07) is 1.11. The molecule has 3 rings (SSSR count). The fourth-order valence-corrected chi connectivity index (χ4v) is 4.36. The van der Waals surface area contributed by atoms with E-state index in [1.54, 1.807) is 27.7 Å². The Morgan fingerprint density at radius 1 is 1.03 bits per heavy atom. The summed E-state index contributed by atoms with van der Waals surface area (Å²) >= 11 is 0. The van der Waals surface area contributed by atoms with Crippen molar-refractivity contribution in [2.24, 2.45) is 5.92 Å². The molecule has 6 nitrogen and oxygen atoms in total. The molecule has 2 saturated heterocycles. The Hall–Kier alpha value is -1.92. The SMILES string of the molecule is COC(=O)C1OC(C)(C(F)(F)F)C(C)C1c1cc(B2OC(C)(C)C(C)(C)O2)c(F)c(F)c1OC. The first-order valence-corrected chi connectivity index (χ1v) is 10.7. The van der Waals surface area contributed by atoms with E-state index in [1.807, 2.05) is 0 Å². The van der Waals surface area contributed by atoms with Crippen molar-refractivity contribution in [1.82, 2.24) is 0 Å². The van der Waals surface area contributed by atoms with E-state index in [9.17, 15) is 18.0 Å². The maximum Gasteiger partial charge on any atom is 0.497 e. The first-order valence-electron chi connectivity index (χ1n) is 10.7. The second-order valence-electron chi connectivity index (χ2n) is 9.79. The second-order valence-corrected chi connectivity index (χ2v) is 9.79. The van der Waals surface area contributed by atoms with Gasteiger partial charge in [0, 0.05) is 22.9 Å². The van der Waals surface area contributed by atoms with Crippen LogP contribution in [0.2, 0.25) is 0 Å². The molecule has 0 bridgehead atoms. The molecule has 34 heavy (non-hydrogen) atoms. The van der Waals surface area contributed by atoms with Crippen LogP contribution in [-0.2, 0) is 23.6 Å². The Bertz CT molecular complexity index is 966. The molecule has 0 saturated carbocycles. The number of methoxy groups -OCH3 is 2. The van der Waals surface area contributed by atoms with Crippen LogP contribution in [0.4, 0.5) is 22.0 Å². The molecule has 1 aromatic rings. The lowest BCUT2D eigenvalue weighted by atomic mass is 9.72. The highest BCUT2D eigenvalue weighted by atomic mass is 19.4. The van der Waals surface area contributed by atoms with Gasteiger partial charge in [0.15, 0.2) is 23.3 Å². The molecule has 0 N–H and O–H groups in total. The van der Waals surface area contributed by atoms with E-state index >= 15 is 8.78 Å². The third-order valence-corrected chi connectivity index (χ3v) is 7.39. The molecule has 4 atom stereocenters. The maximum absolute atomic E-state index is 15.2. The van der Waals surface area contributed by atoms with Crippen LogP contribution in [0.3, 0.4) is 0 Å². The van der Waals surface area contributed by atoms with Gasteiger partial charge in [-0.1, -0.05) is 13.0 Å². The predicted octanol–water partition coefficient (Wildman–Crippen LogP) is 3.89. The third kappa shape index (κ3) is 3.87. The quantitative estimate of drug-likeness (QED) is 0.360. The van der Waals surface area contributed by atoms with Gasteiger partial charge < -0.3 is 23.5 Å². The summed E-state index contributed by atoms with van der Waals surface area (Å²) in [7, 11) is 0.689. The minimum absolute atomic E-state index is 0.193. The van der Waals surface area contributed by atoms with Crippen molar-refractivity contribution in [2.45, 2.75) is 76.5 Å². The van der Waals surface area contributed by atoms with Crippen LogP contribution in [-0.4, -0.2) is 56.4 Å². The molecule has 2 heterocycles. The standard InChI is InChI=1S/C22H28BF5O6/c1-10-13(17(18(29)31-8)32-21(10,6)22(26,27)28)11-9-12(14(24)15(25)16(11)30-7)23-33-19(2,3)20(4,5)34-23/h9-10,13,17H,1-8H3. The molecule has 2 aliphatic rings. The van der Waals surface area contributed by atoms with Gasteiger partial charge in [-0.15, -0.1) is 0 Å². The normalized spacial score (nSPS) is 30.5. The Balaban J connectivity index is 2.22. The van der Waals surface area contributed by atoms with Crippen LogP contribution in [0.25, 0.3) is 0 Å². The smallest absolute Gasteiger partial charge is 0.493 e. The van der Waals surface area contributed by atoms with Gasteiger partial charge in [-0.3, -0.25) is 0 Å². The van der Waals surface area contributed by atoms with Gasteiger partial charge in [-0.2, -0.15) is 17.6 Å². The number of esters is 1. The monoisotopic (exact) mass is 494 g/mol. The number of hydrogen-bond donors (Lipinski definition) is 0. The molecule has 0 spiro atoms. The molecule has 2 aliphatic heterocycles. The number of rotatable bonds is 4. The lowest BCUT2D eigenvalue weighted by molar-refractivity contribution is -0.274. The molecule has 4 unspecified atom stereocenters. The molecule has 190 valence electrons. The summed E-state index contributed by atoms with van der Waals surface area (Å²) < 4.78 is 98.8. The van der Waals surface area contributed by atoms with Gasteiger partial charge in [-0.25, -0.2) is 9.18 Å². The van der Waals surface area contributed by atoms with Crippen molar-refractivity contribution in [3.63, 3.8) is 0 Å². The summed E-state index contributed by atoms with van der Waals surface area (Å²) in [5, 5.41) is 0. The fourth-order valence-electron chi connectivity index (χ4n) is 4.36. The van der Waals surface area contributed by atoms with Gasteiger partial charge in [0.05, 0.1) is 25.4 Å². The number of halogens is 5. The van der Waals surface area contributed by atoms with Crippen LogP contribution in [0.5, 0.6) is 5.75 Å². The molecular formula is C22H28BF5O6. The minimum Gasteiger partial charge on any atom is -0.493 e. The zero-order valence-corrected chi connectivity index (χ0v) is 20.2. The van der Waals surface area contributed by atoms with Crippen molar-refractivity contribution in [2.75, 3.05) is 14.2 Å². The van der Waals surface area contributed by atoms with Crippen LogP contribution in [0, 0.1) is 17.6 Å². The largest absolute Gasteiger partial charge is 0.497 e. The third-order valence-electron chi connectivity index (χ3n) is 7.39. The fraction of sp³-hybridized carbons (Fsp3) is 0.682. The summed E-state index contributed by atoms with van der Waals surface area (Å²) in [5.41, 5.74) is -5.12. The first kappa shape index (κ1) is 26.7. The highest BCUT2D eigenvalue weighted by molar-refractivity contribution is 6.62. The zero-order chi connectivity index (χ0) is 26.0. The van der Waals surface area contributed by atoms with E-state index in [0.717, 1.165) is 27.2 Å². The van der Waals surface area contributed by atoms with Crippen molar-refractivity contribution in [3.8, 4) is 5.75 Å². The molecule has 0 aliphatic carbocycles. The minimum atomic E-state index is -4.87. The number of carbonyl (C=O) groups excluding carboxylic acids is 1. The highest BCUT2D eigenvalue weighted by Crippen LogP contribution is 2.55. The van der Waals surface area contributed by atoms with Crippen molar-refractivity contribution in [3.05, 3.63) is 23.3 Å². The van der Waals surface area contributed by atoms with Crippen LogP contribution in [0.15, 0.2) is 6.07 Å². The molecule has 0 amide bonds. The van der Waals surface area contributed by atoms with E-state index in [2.05, 4.69) is 4.74 Å². The first-order chi connectivity index (χ1) is 15.4. The second kappa shape index (κ2) is 8.34. The summed E-state index contributed by atoms with van der Waals surface area (Å²) in [6.07, 6.45) is -6.62. The molecule has 12 heteroatoms. The molecule has 1 aromatic carbocycles. The summed E-state index contributed by atoms with van der Waals surface area (Å²) in [6.45, 7) is 8.86. The molecule has 2 fully saturated rings. The average molecular weight is 494 g/mol. The van der Waals surface area contributed by atoms with Gasteiger partial charge in [-0.05, 0) is 34.6 Å². The molecule has 0 radical (unpaired) electrons. The van der Waals surface area contributed by atoms with Crippen molar-refractivity contribution >= 4 is 18.6 Å². The van der Waals surface area contributed by atoms with Crippen molar-refractivity contribution in [1.29, 1.82) is 0 Å². The summed E-state index contributed by atoms with van der Waals surface area (Å²) in [4.78, 5) is 12.4. The Labute approximate surface area is 195 Å². The zero-order valence-electron chi connectivity index (χ0n) is 20.2. The summed E-state index contributed by atoms with van der Waals surface area (Å²) in [5.74, 6) is -7.29. The van der Waals surface area contributed by atoms with E-state index in [-0.39, 0.29) is 11.0 Å². The lowest BCUT2D eigenvalue weighted by Crippen LogP contribution is -2.47. The van der Waals surface area contributed by atoms with Gasteiger partial charge in [0.2, 0.25) is 5.82 Å². The lowest BCUT2D eigenvalue weighted by Gasteiger charge is -2.32. The van der Waals surface area contributed by atoms with Gasteiger partial charge in [0.25, 0.3) is 0 Å². The Morgan fingerprint density at radius 3 is 2.00 bits per heavy atom. The van der Waals surface area contributed by atoms with E-state index < -0.39 is 71.4 Å². The van der Waals surface area contributed by atoms with E-state index in [0.29, 0.717) is 0 Å².